The van der Waals surface area contributed by atoms with Crippen LogP contribution in [0.5, 0.6) is 0 Å². The molecule has 1 aliphatic heterocycles. The number of benzene rings is 3. The first kappa shape index (κ1) is 21.0. The normalized spacial score (nSPS) is 13.5. The molecule has 7 heteroatoms. The van der Waals surface area contributed by atoms with Crippen LogP contribution in [-0.4, -0.2) is 37.0 Å². The van der Waals surface area contributed by atoms with Crippen molar-refractivity contribution in [1.82, 2.24) is 0 Å². The molecular weight excluding hydrogens is 396 g/mol. The molecule has 0 spiro atoms. The lowest BCUT2D eigenvalue weighted by Gasteiger charge is -2.15. The van der Waals surface area contributed by atoms with Crippen molar-refractivity contribution in [3.05, 3.63) is 101 Å². The second kappa shape index (κ2) is 9.24. The molecule has 1 atom stereocenters. The first-order chi connectivity index (χ1) is 15.1. The van der Waals surface area contributed by atoms with Crippen LogP contribution in [0.3, 0.4) is 0 Å². The Morgan fingerprint density at radius 2 is 1.74 bits per heavy atom. The van der Waals surface area contributed by atoms with E-state index in [1.165, 1.54) is 13.2 Å². The molecule has 3 aromatic rings. The van der Waals surface area contributed by atoms with E-state index < -0.39 is 24.9 Å². The average molecular weight is 417 g/mol. The van der Waals surface area contributed by atoms with E-state index in [4.69, 9.17) is 14.4 Å². The van der Waals surface area contributed by atoms with Gasteiger partial charge in [-0.15, -0.1) is 0 Å². The van der Waals surface area contributed by atoms with Gasteiger partial charge >= 0.3 is 13.1 Å². The molecule has 5 nitrogen and oxygen atoms in total. The zero-order valence-corrected chi connectivity index (χ0v) is 17.0. The van der Waals surface area contributed by atoms with E-state index in [1.807, 2.05) is 60.7 Å². The summed E-state index contributed by atoms with van der Waals surface area (Å²) in [5.74, 6) is -1.08. The second-order valence-electron chi connectivity index (χ2n) is 7.26. The van der Waals surface area contributed by atoms with Crippen molar-refractivity contribution in [1.29, 1.82) is 0 Å². The maximum Gasteiger partial charge on any atom is 0.491 e. The summed E-state index contributed by atoms with van der Waals surface area (Å²) in [6.45, 7) is 0.190. The highest BCUT2D eigenvalue weighted by atomic mass is 19.1. The fraction of sp³-hybridized carbons (Fsp3) is 0.167. The van der Waals surface area contributed by atoms with Crippen LogP contribution in [0.25, 0.3) is 0 Å². The summed E-state index contributed by atoms with van der Waals surface area (Å²) in [6.07, 6.45) is 0.0189. The van der Waals surface area contributed by atoms with E-state index in [-0.39, 0.29) is 13.0 Å². The Hall–Kier alpha value is -3.29. The van der Waals surface area contributed by atoms with Gasteiger partial charge in [0.15, 0.2) is 6.04 Å². The Morgan fingerprint density at radius 1 is 1.13 bits per heavy atom. The van der Waals surface area contributed by atoms with E-state index in [9.17, 15) is 14.2 Å². The summed E-state index contributed by atoms with van der Waals surface area (Å²) in [5, 5.41) is 9.79. The summed E-state index contributed by atoms with van der Waals surface area (Å²) >= 11 is 0. The number of esters is 1. The Morgan fingerprint density at radius 3 is 2.32 bits per heavy atom. The van der Waals surface area contributed by atoms with Crippen molar-refractivity contribution in [2.24, 2.45) is 4.99 Å². The van der Waals surface area contributed by atoms with Gasteiger partial charge in [-0.25, -0.2) is 9.18 Å². The molecule has 4 rings (SSSR count). The Balaban J connectivity index is 1.75. The van der Waals surface area contributed by atoms with Crippen molar-refractivity contribution in [3.8, 4) is 0 Å². The van der Waals surface area contributed by atoms with E-state index in [0.29, 0.717) is 22.3 Å². The third-order valence-electron chi connectivity index (χ3n) is 5.24. The Kier molecular flexibility index (Phi) is 6.25. The molecule has 1 N–H and O–H groups in total. The maximum absolute atomic E-state index is 14.8. The number of carbonyl (C=O) groups excluding carboxylic acids is 1. The lowest BCUT2D eigenvalue weighted by Crippen LogP contribution is -2.29. The number of methoxy groups -OCH3 is 1. The lowest BCUT2D eigenvalue weighted by atomic mass is 9.78. The number of carbonyl (C=O) groups is 1. The number of ether oxygens (including phenoxy) is 1. The van der Waals surface area contributed by atoms with Crippen LogP contribution in [0.1, 0.15) is 22.3 Å². The molecule has 1 heterocycles. The highest BCUT2D eigenvalue weighted by molar-refractivity contribution is 6.61. The summed E-state index contributed by atoms with van der Waals surface area (Å²) in [5.41, 5.74) is 3.73. The summed E-state index contributed by atoms with van der Waals surface area (Å²) in [6, 6.07) is 21.0. The standard InChI is InChI=1S/C24H21BFNO4/c1-30-24(28)22(13-18-12-19-15-31-25(29)20(19)14-21(18)26)27-23(16-8-4-2-5-9-16)17-10-6-3-7-11-17/h2-12,14,22,29H,13,15H2,1H3. The molecule has 156 valence electrons. The van der Waals surface area contributed by atoms with Gasteiger partial charge in [0.25, 0.3) is 0 Å². The number of aliphatic imine (C=N–C) groups is 1. The van der Waals surface area contributed by atoms with Crippen LogP contribution in [-0.2, 0) is 27.2 Å². The SMILES string of the molecule is COC(=O)C(Cc1cc2c(cc1F)B(O)OC2)N=C(c1ccccc1)c1ccccc1. The molecule has 0 amide bonds. The number of hydrogen-bond donors (Lipinski definition) is 1. The average Bonchev–Trinajstić information content (AvgIpc) is 3.16. The summed E-state index contributed by atoms with van der Waals surface area (Å²) in [7, 11) is 0.162. The van der Waals surface area contributed by atoms with Crippen molar-refractivity contribution in [3.63, 3.8) is 0 Å². The van der Waals surface area contributed by atoms with Gasteiger partial charge in [0.05, 0.1) is 19.4 Å². The maximum atomic E-state index is 14.8. The molecule has 0 aliphatic carbocycles. The molecule has 0 fully saturated rings. The summed E-state index contributed by atoms with van der Waals surface area (Å²) in [4.78, 5) is 17.3. The van der Waals surface area contributed by atoms with Crippen LogP contribution in [0.2, 0.25) is 0 Å². The monoisotopic (exact) mass is 417 g/mol. The van der Waals surface area contributed by atoms with Gasteiger partial charge in [-0.2, -0.15) is 0 Å². The molecule has 0 radical (unpaired) electrons. The van der Waals surface area contributed by atoms with E-state index >= 15 is 0 Å². The molecule has 0 aromatic heterocycles. The molecular formula is C24H21BFNO4. The number of hydrogen-bond acceptors (Lipinski definition) is 5. The lowest BCUT2D eigenvalue weighted by molar-refractivity contribution is -0.142. The van der Waals surface area contributed by atoms with Gasteiger partial charge in [-0.1, -0.05) is 66.7 Å². The van der Waals surface area contributed by atoms with Gasteiger partial charge in [0.2, 0.25) is 0 Å². The predicted octanol–water partition coefficient (Wildman–Crippen LogP) is 2.67. The fourth-order valence-electron chi connectivity index (χ4n) is 3.64. The summed E-state index contributed by atoms with van der Waals surface area (Å²) < 4.78 is 24.9. The zero-order chi connectivity index (χ0) is 21.8. The number of fused-ring (bicyclic) bond motifs is 1. The molecule has 0 saturated heterocycles. The van der Waals surface area contributed by atoms with E-state index in [0.717, 1.165) is 11.1 Å². The van der Waals surface area contributed by atoms with Crippen molar-refractivity contribution < 1.29 is 23.6 Å². The third kappa shape index (κ3) is 4.58. The quantitative estimate of drug-likeness (QED) is 0.381. The molecule has 31 heavy (non-hydrogen) atoms. The van der Waals surface area contributed by atoms with Gasteiger partial charge in [-0.05, 0) is 22.7 Å². The smallest absolute Gasteiger partial charge is 0.467 e. The molecule has 0 bridgehead atoms. The Bertz CT molecular complexity index is 1060. The minimum Gasteiger partial charge on any atom is -0.467 e. The van der Waals surface area contributed by atoms with E-state index in [2.05, 4.69) is 0 Å². The van der Waals surface area contributed by atoms with Crippen LogP contribution in [0.15, 0.2) is 77.8 Å². The minimum absolute atomic E-state index is 0.0189. The Labute approximate surface area is 180 Å². The highest BCUT2D eigenvalue weighted by Crippen LogP contribution is 2.20. The van der Waals surface area contributed by atoms with Crippen LogP contribution < -0.4 is 5.46 Å². The predicted molar refractivity (Wildman–Crippen MR) is 117 cm³/mol. The van der Waals surface area contributed by atoms with Gasteiger partial charge in [0.1, 0.15) is 5.82 Å². The van der Waals surface area contributed by atoms with Crippen LogP contribution >= 0.6 is 0 Å². The van der Waals surface area contributed by atoms with Gasteiger partial charge < -0.3 is 14.4 Å². The minimum atomic E-state index is -1.13. The first-order valence-corrected chi connectivity index (χ1v) is 9.94. The number of rotatable bonds is 6. The highest BCUT2D eigenvalue weighted by Gasteiger charge is 2.30. The molecule has 1 aliphatic rings. The number of halogens is 1. The van der Waals surface area contributed by atoms with E-state index in [1.54, 1.807) is 6.07 Å². The van der Waals surface area contributed by atoms with Crippen LogP contribution in [0.4, 0.5) is 4.39 Å². The van der Waals surface area contributed by atoms with Crippen LogP contribution in [0, 0.1) is 5.82 Å². The first-order valence-electron chi connectivity index (χ1n) is 9.94. The van der Waals surface area contributed by atoms with Crippen molar-refractivity contribution in [2.75, 3.05) is 7.11 Å². The largest absolute Gasteiger partial charge is 0.491 e. The zero-order valence-electron chi connectivity index (χ0n) is 17.0. The fourth-order valence-corrected chi connectivity index (χ4v) is 3.64. The van der Waals surface area contributed by atoms with Crippen molar-refractivity contribution in [2.45, 2.75) is 19.1 Å². The topological polar surface area (TPSA) is 68.1 Å². The molecule has 3 aromatic carbocycles. The number of nitrogens with zero attached hydrogens (tertiary/aromatic N) is 1. The molecule has 0 saturated carbocycles. The second-order valence-corrected chi connectivity index (χ2v) is 7.26. The van der Waals surface area contributed by atoms with Gasteiger partial charge in [0, 0.05) is 17.5 Å². The van der Waals surface area contributed by atoms with Gasteiger partial charge in [-0.3, -0.25) is 4.99 Å². The molecule has 1 unspecified atom stereocenters. The third-order valence-corrected chi connectivity index (χ3v) is 5.24. The van der Waals surface area contributed by atoms with Crippen molar-refractivity contribution >= 4 is 24.3 Å².